The Balaban J connectivity index is 2.08. The van der Waals surface area contributed by atoms with Crippen LogP contribution in [0.2, 0.25) is 0 Å². The van der Waals surface area contributed by atoms with Gasteiger partial charge in [-0.05, 0) is 28.1 Å². The van der Waals surface area contributed by atoms with Crippen LogP contribution in [-0.4, -0.2) is 36.9 Å². The van der Waals surface area contributed by atoms with Crippen LogP contribution in [-0.2, 0) is 9.59 Å². The number of anilines is 1. The van der Waals surface area contributed by atoms with E-state index in [9.17, 15) is 9.59 Å². The zero-order valence-corrected chi connectivity index (χ0v) is 13.3. The summed E-state index contributed by atoms with van der Waals surface area (Å²) in [7, 11) is 1.67. The van der Waals surface area contributed by atoms with E-state index in [2.05, 4.69) is 15.9 Å². The van der Waals surface area contributed by atoms with Crippen LogP contribution in [0.5, 0.6) is 0 Å². The lowest BCUT2D eigenvalue weighted by atomic mass is 10.1. The number of carbonyl (C=O) groups is 2. The molecule has 0 radical (unpaired) electrons. The highest BCUT2D eigenvalue weighted by atomic mass is 79.9. The van der Waals surface area contributed by atoms with Crippen LogP contribution in [0, 0.1) is 17.2 Å². The molecule has 5 nitrogen and oxygen atoms in total. The van der Waals surface area contributed by atoms with Crippen LogP contribution in [0.3, 0.4) is 0 Å². The molecule has 1 aromatic rings. The van der Waals surface area contributed by atoms with E-state index in [0.29, 0.717) is 19.5 Å². The van der Waals surface area contributed by atoms with E-state index in [1.165, 1.54) is 4.90 Å². The predicted molar refractivity (Wildman–Crippen MR) is 82.5 cm³/mol. The van der Waals surface area contributed by atoms with Gasteiger partial charge >= 0.3 is 0 Å². The minimum absolute atomic E-state index is 0.0473. The van der Waals surface area contributed by atoms with E-state index >= 15 is 0 Å². The molecule has 2 amide bonds. The molecule has 1 aliphatic rings. The molecule has 1 aliphatic heterocycles. The first-order valence-corrected chi connectivity index (χ1v) is 7.50. The molecule has 0 saturated carbocycles. The monoisotopic (exact) mass is 349 g/mol. The highest BCUT2D eigenvalue weighted by molar-refractivity contribution is 9.10. The van der Waals surface area contributed by atoms with Gasteiger partial charge in [0.15, 0.2) is 0 Å². The molecule has 0 spiro atoms. The SMILES string of the molecule is CN(CCC#N)C(=O)C1CC(=O)N(c2ccccc2Br)C1. The maximum absolute atomic E-state index is 12.3. The summed E-state index contributed by atoms with van der Waals surface area (Å²) in [6.45, 7) is 0.784. The third kappa shape index (κ3) is 3.42. The van der Waals surface area contributed by atoms with Gasteiger partial charge in [-0.15, -0.1) is 0 Å². The summed E-state index contributed by atoms with van der Waals surface area (Å²) >= 11 is 3.43. The number of nitriles is 1. The summed E-state index contributed by atoms with van der Waals surface area (Å²) in [5.74, 6) is -0.463. The standard InChI is InChI=1S/C15H16BrN3O2/c1-18(8-4-7-17)15(21)11-9-14(20)19(10-11)13-6-3-2-5-12(13)16/h2-3,5-6,11H,4,8-10H2,1H3. The van der Waals surface area contributed by atoms with Crippen molar-refractivity contribution in [2.24, 2.45) is 5.92 Å². The van der Waals surface area contributed by atoms with Gasteiger partial charge in [-0.2, -0.15) is 5.26 Å². The Morgan fingerprint density at radius 3 is 2.90 bits per heavy atom. The lowest BCUT2D eigenvalue weighted by molar-refractivity contribution is -0.134. The lowest BCUT2D eigenvalue weighted by Crippen LogP contribution is -2.35. The fraction of sp³-hybridized carbons (Fsp3) is 0.400. The number of benzene rings is 1. The Labute approximate surface area is 132 Å². The van der Waals surface area contributed by atoms with E-state index in [4.69, 9.17) is 5.26 Å². The van der Waals surface area contributed by atoms with Crippen LogP contribution in [0.25, 0.3) is 0 Å². The Kier molecular flexibility index (Phi) is 4.97. The van der Waals surface area contributed by atoms with Gasteiger partial charge in [0.2, 0.25) is 11.8 Å². The minimum Gasteiger partial charge on any atom is -0.344 e. The van der Waals surface area contributed by atoms with Crippen molar-refractivity contribution in [3.05, 3.63) is 28.7 Å². The molecule has 1 atom stereocenters. The number of nitrogens with zero attached hydrogens (tertiary/aromatic N) is 3. The average molecular weight is 350 g/mol. The molecule has 21 heavy (non-hydrogen) atoms. The van der Waals surface area contributed by atoms with Crippen LogP contribution in [0.15, 0.2) is 28.7 Å². The van der Waals surface area contributed by atoms with Gasteiger partial charge in [0.05, 0.1) is 24.1 Å². The average Bonchev–Trinajstić information content (AvgIpc) is 2.86. The molecule has 1 heterocycles. The number of hydrogen-bond donors (Lipinski definition) is 0. The van der Waals surface area contributed by atoms with Crippen molar-refractivity contribution in [3.63, 3.8) is 0 Å². The summed E-state index contributed by atoms with van der Waals surface area (Å²) in [4.78, 5) is 27.6. The number of amides is 2. The van der Waals surface area contributed by atoms with Crippen molar-refractivity contribution < 1.29 is 9.59 Å². The molecule has 0 N–H and O–H groups in total. The number of carbonyl (C=O) groups excluding carboxylic acids is 2. The van der Waals surface area contributed by atoms with Gasteiger partial charge in [-0.3, -0.25) is 9.59 Å². The van der Waals surface area contributed by atoms with Crippen LogP contribution < -0.4 is 4.90 Å². The summed E-state index contributed by atoms with van der Waals surface area (Å²) in [5.41, 5.74) is 0.789. The molecule has 0 aliphatic carbocycles. The van der Waals surface area contributed by atoms with Crippen LogP contribution >= 0.6 is 15.9 Å². The largest absolute Gasteiger partial charge is 0.344 e. The maximum Gasteiger partial charge on any atom is 0.227 e. The van der Waals surface area contributed by atoms with Crippen molar-refractivity contribution in [1.82, 2.24) is 4.90 Å². The Morgan fingerprint density at radius 2 is 2.24 bits per heavy atom. The number of hydrogen-bond acceptors (Lipinski definition) is 3. The third-order valence-corrected chi connectivity index (χ3v) is 4.22. The van der Waals surface area contributed by atoms with E-state index in [0.717, 1.165) is 10.2 Å². The van der Waals surface area contributed by atoms with E-state index in [1.54, 1.807) is 11.9 Å². The highest BCUT2D eigenvalue weighted by Crippen LogP contribution is 2.31. The first kappa shape index (κ1) is 15.5. The van der Waals surface area contributed by atoms with E-state index in [-0.39, 0.29) is 24.2 Å². The number of rotatable bonds is 4. The molecule has 6 heteroatoms. The van der Waals surface area contributed by atoms with Crippen molar-refractivity contribution in [2.75, 3.05) is 25.0 Å². The van der Waals surface area contributed by atoms with Gasteiger partial charge in [0.25, 0.3) is 0 Å². The van der Waals surface area contributed by atoms with Gasteiger partial charge in [-0.1, -0.05) is 12.1 Å². The number of halogens is 1. The second-order valence-corrected chi connectivity index (χ2v) is 5.88. The van der Waals surface area contributed by atoms with Gasteiger partial charge in [-0.25, -0.2) is 0 Å². The quantitative estimate of drug-likeness (QED) is 0.836. The van der Waals surface area contributed by atoms with Gasteiger partial charge < -0.3 is 9.80 Å². The van der Waals surface area contributed by atoms with Crippen LogP contribution in [0.4, 0.5) is 5.69 Å². The van der Waals surface area contributed by atoms with Crippen molar-refractivity contribution >= 4 is 33.4 Å². The molecule has 0 bridgehead atoms. The second-order valence-electron chi connectivity index (χ2n) is 5.02. The Morgan fingerprint density at radius 1 is 1.52 bits per heavy atom. The molecule has 110 valence electrons. The molecule has 2 rings (SSSR count). The minimum atomic E-state index is -0.340. The first-order valence-electron chi connectivity index (χ1n) is 6.71. The fourth-order valence-corrected chi connectivity index (χ4v) is 2.91. The van der Waals surface area contributed by atoms with E-state index < -0.39 is 0 Å². The Bertz CT molecular complexity index is 597. The van der Waals surface area contributed by atoms with Crippen LogP contribution in [0.1, 0.15) is 12.8 Å². The predicted octanol–water partition coefficient (Wildman–Crippen LogP) is 2.17. The molecular formula is C15H16BrN3O2. The fourth-order valence-electron chi connectivity index (χ4n) is 2.42. The highest BCUT2D eigenvalue weighted by Gasteiger charge is 2.36. The molecule has 1 unspecified atom stereocenters. The summed E-state index contributed by atoms with van der Waals surface area (Å²) in [6, 6.07) is 9.49. The van der Waals surface area contributed by atoms with Crippen molar-refractivity contribution in [1.29, 1.82) is 5.26 Å². The van der Waals surface area contributed by atoms with Crippen molar-refractivity contribution in [3.8, 4) is 6.07 Å². The second kappa shape index (κ2) is 6.72. The summed E-state index contributed by atoms with van der Waals surface area (Å²) in [5, 5.41) is 8.57. The van der Waals surface area contributed by atoms with Gasteiger partial charge in [0, 0.05) is 31.0 Å². The molecular weight excluding hydrogens is 334 g/mol. The summed E-state index contributed by atoms with van der Waals surface area (Å²) in [6.07, 6.45) is 0.522. The lowest BCUT2D eigenvalue weighted by Gasteiger charge is -2.21. The number of para-hydroxylation sites is 1. The Hall–Kier alpha value is -1.87. The molecule has 1 saturated heterocycles. The summed E-state index contributed by atoms with van der Waals surface area (Å²) < 4.78 is 0.837. The van der Waals surface area contributed by atoms with E-state index in [1.807, 2.05) is 30.3 Å². The third-order valence-electron chi connectivity index (χ3n) is 3.55. The zero-order chi connectivity index (χ0) is 15.4. The topological polar surface area (TPSA) is 64.4 Å². The molecule has 0 aromatic heterocycles. The van der Waals surface area contributed by atoms with Crippen molar-refractivity contribution in [2.45, 2.75) is 12.8 Å². The van der Waals surface area contributed by atoms with Gasteiger partial charge in [0.1, 0.15) is 0 Å². The zero-order valence-electron chi connectivity index (χ0n) is 11.8. The normalized spacial score (nSPS) is 17.7. The molecule has 1 fully saturated rings. The molecule has 1 aromatic carbocycles. The smallest absolute Gasteiger partial charge is 0.227 e. The maximum atomic E-state index is 12.3. The first-order chi connectivity index (χ1) is 10.0.